The number of carbonyl (C=O) groups excluding carboxylic acids is 1. The van der Waals surface area contributed by atoms with Crippen molar-refractivity contribution < 1.29 is 17.9 Å². The van der Waals surface area contributed by atoms with Gasteiger partial charge in [-0.2, -0.15) is 0 Å². The molecule has 7 heteroatoms. The summed E-state index contributed by atoms with van der Waals surface area (Å²) in [5.41, 5.74) is 2.46. The number of rotatable bonds is 9. The fraction of sp³-hybridized carbons (Fsp3) is 0.174. The minimum absolute atomic E-state index is 0.0881. The van der Waals surface area contributed by atoms with E-state index in [-0.39, 0.29) is 10.8 Å². The van der Waals surface area contributed by atoms with Gasteiger partial charge in [-0.15, -0.1) is 0 Å². The van der Waals surface area contributed by atoms with Gasteiger partial charge in [-0.05, 0) is 53.9 Å². The number of sulfonamides is 1. The van der Waals surface area contributed by atoms with Crippen molar-refractivity contribution >= 4 is 21.6 Å². The zero-order valence-electron chi connectivity index (χ0n) is 16.7. The zero-order valence-corrected chi connectivity index (χ0v) is 17.5. The van der Waals surface area contributed by atoms with Crippen LogP contribution in [0.2, 0.25) is 0 Å². The van der Waals surface area contributed by atoms with E-state index < -0.39 is 10.0 Å². The van der Waals surface area contributed by atoms with E-state index >= 15 is 0 Å². The Balaban J connectivity index is 1.57. The Labute approximate surface area is 177 Å². The summed E-state index contributed by atoms with van der Waals surface area (Å²) in [5.74, 6) is 0.570. The highest BCUT2D eigenvalue weighted by Crippen LogP contribution is 2.20. The van der Waals surface area contributed by atoms with Crippen molar-refractivity contribution in [2.75, 3.05) is 11.3 Å². The van der Waals surface area contributed by atoms with Crippen LogP contribution in [0.3, 0.4) is 0 Å². The number of benzene rings is 3. The van der Waals surface area contributed by atoms with E-state index in [1.807, 2.05) is 30.3 Å². The van der Waals surface area contributed by atoms with Gasteiger partial charge in [0.1, 0.15) is 12.4 Å². The third kappa shape index (κ3) is 6.35. The summed E-state index contributed by atoms with van der Waals surface area (Å²) in [6, 6.07) is 23.2. The highest BCUT2D eigenvalue weighted by atomic mass is 32.2. The minimum Gasteiger partial charge on any atom is -0.489 e. The topological polar surface area (TPSA) is 84.5 Å². The van der Waals surface area contributed by atoms with Crippen LogP contribution in [0, 0.1) is 0 Å². The molecule has 0 spiro atoms. The first-order chi connectivity index (χ1) is 14.4. The summed E-state index contributed by atoms with van der Waals surface area (Å²) in [6.45, 7) is 2.42. The van der Waals surface area contributed by atoms with Gasteiger partial charge in [0.2, 0.25) is 5.91 Å². The molecule has 0 saturated heterocycles. The molecule has 0 unspecified atom stereocenters. The van der Waals surface area contributed by atoms with Gasteiger partial charge in [0, 0.05) is 19.2 Å². The molecule has 2 N–H and O–H groups in total. The van der Waals surface area contributed by atoms with Gasteiger partial charge in [0.05, 0.1) is 4.90 Å². The van der Waals surface area contributed by atoms with Crippen molar-refractivity contribution in [2.45, 2.75) is 24.8 Å². The van der Waals surface area contributed by atoms with E-state index in [2.05, 4.69) is 10.0 Å². The molecule has 0 aliphatic rings. The van der Waals surface area contributed by atoms with Crippen LogP contribution >= 0.6 is 0 Å². The smallest absolute Gasteiger partial charge is 0.261 e. The average Bonchev–Trinajstić information content (AvgIpc) is 2.74. The molecule has 0 bridgehead atoms. The Morgan fingerprint density at radius 2 is 1.53 bits per heavy atom. The number of amides is 1. The van der Waals surface area contributed by atoms with Gasteiger partial charge in [0.15, 0.2) is 0 Å². The number of ether oxygens (including phenoxy) is 1. The maximum Gasteiger partial charge on any atom is 0.261 e. The molecule has 30 heavy (non-hydrogen) atoms. The molecule has 0 saturated carbocycles. The number of nitrogens with one attached hydrogen (secondary N) is 2. The predicted molar refractivity (Wildman–Crippen MR) is 117 cm³/mol. The summed E-state index contributed by atoms with van der Waals surface area (Å²) >= 11 is 0. The van der Waals surface area contributed by atoms with Crippen LogP contribution in [-0.2, 0) is 27.8 Å². The van der Waals surface area contributed by atoms with Gasteiger partial charge in [0.25, 0.3) is 10.0 Å². The molecule has 156 valence electrons. The Morgan fingerprint density at radius 3 is 2.17 bits per heavy atom. The molecule has 1 amide bonds. The normalized spacial score (nSPS) is 11.0. The van der Waals surface area contributed by atoms with Gasteiger partial charge in [-0.25, -0.2) is 8.42 Å². The molecule has 0 fully saturated rings. The lowest BCUT2D eigenvalue weighted by Gasteiger charge is -2.10. The van der Waals surface area contributed by atoms with Crippen molar-refractivity contribution in [1.29, 1.82) is 0 Å². The lowest BCUT2D eigenvalue weighted by Crippen LogP contribution is -2.22. The number of carbonyl (C=O) groups is 1. The molecule has 6 nitrogen and oxygen atoms in total. The van der Waals surface area contributed by atoms with Crippen LogP contribution in [0.15, 0.2) is 83.8 Å². The van der Waals surface area contributed by atoms with E-state index in [4.69, 9.17) is 4.74 Å². The second-order valence-electron chi connectivity index (χ2n) is 6.78. The van der Waals surface area contributed by atoms with E-state index in [0.717, 1.165) is 11.1 Å². The Bertz CT molecular complexity index is 1060. The van der Waals surface area contributed by atoms with Crippen LogP contribution < -0.4 is 14.8 Å². The van der Waals surface area contributed by atoms with Crippen LogP contribution in [-0.4, -0.2) is 20.9 Å². The van der Waals surface area contributed by atoms with Gasteiger partial charge < -0.3 is 10.1 Å². The monoisotopic (exact) mass is 424 g/mol. The van der Waals surface area contributed by atoms with Crippen LogP contribution in [0.25, 0.3) is 0 Å². The Hall–Kier alpha value is -3.32. The van der Waals surface area contributed by atoms with Crippen molar-refractivity contribution in [3.63, 3.8) is 0 Å². The molecule has 0 aliphatic carbocycles. The first kappa shape index (κ1) is 21.4. The summed E-state index contributed by atoms with van der Waals surface area (Å²) in [5, 5.41) is 2.71. The molecule has 3 aromatic carbocycles. The molecule has 0 atom stereocenters. The maximum atomic E-state index is 12.6. The molecule has 3 rings (SSSR count). The SMILES string of the molecule is CC(=O)NCCc1ccc(S(=O)(=O)Nc2ccc(OCc3ccccc3)cc2)cc1. The lowest BCUT2D eigenvalue weighted by atomic mass is 10.1. The fourth-order valence-electron chi connectivity index (χ4n) is 2.79. The van der Waals surface area contributed by atoms with Gasteiger partial charge in [-0.3, -0.25) is 9.52 Å². The molecule has 0 heterocycles. The highest BCUT2D eigenvalue weighted by Gasteiger charge is 2.14. The van der Waals surface area contributed by atoms with Crippen molar-refractivity contribution in [2.24, 2.45) is 0 Å². The second-order valence-corrected chi connectivity index (χ2v) is 8.46. The minimum atomic E-state index is -3.69. The molecule has 0 aliphatic heterocycles. The number of anilines is 1. The molecule has 3 aromatic rings. The standard InChI is InChI=1S/C23H24N2O4S/c1-18(26)24-16-15-19-7-13-23(14-8-19)30(27,28)25-21-9-11-22(12-10-21)29-17-20-5-3-2-4-6-20/h2-14,25H,15-17H2,1H3,(H,24,26). The van der Waals surface area contributed by atoms with Gasteiger partial charge >= 0.3 is 0 Å². The van der Waals surface area contributed by atoms with E-state index in [0.29, 0.717) is 31.0 Å². The molecule has 0 radical (unpaired) electrons. The van der Waals surface area contributed by atoms with E-state index in [1.54, 1.807) is 48.5 Å². The third-order valence-corrected chi connectivity index (χ3v) is 5.77. The summed E-state index contributed by atoms with van der Waals surface area (Å²) in [6.07, 6.45) is 0.637. The van der Waals surface area contributed by atoms with Crippen LogP contribution in [0.1, 0.15) is 18.1 Å². The first-order valence-electron chi connectivity index (χ1n) is 9.55. The summed E-state index contributed by atoms with van der Waals surface area (Å²) < 4.78 is 33.5. The largest absolute Gasteiger partial charge is 0.489 e. The Morgan fingerprint density at radius 1 is 0.867 bits per heavy atom. The molecule has 0 aromatic heterocycles. The highest BCUT2D eigenvalue weighted by molar-refractivity contribution is 7.92. The Kier molecular flexibility index (Phi) is 7.08. The third-order valence-electron chi connectivity index (χ3n) is 4.38. The maximum absolute atomic E-state index is 12.6. The van der Waals surface area contributed by atoms with Crippen LogP contribution in [0.4, 0.5) is 5.69 Å². The van der Waals surface area contributed by atoms with E-state index in [9.17, 15) is 13.2 Å². The first-order valence-corrected chi connectivity index (χ1v) is 11.0. The van der Waals surface area contributed by atoms with Crippen molar-refractivity contribution in [1.82, 2.24) is 5.32 Å². The zero-order chi connectivity index (χ0) is 21.4. The molecular formula is C23H24N2O4S. The number of hydrogen-bond acceptors (Lipinski definition) is 4. The van der Waals surface area contributed by atoms with Crippen LogP contribution in [0.5, 0.6) is 5.75 Å². The fourth-order valence-corrected chi connectivity index (χ4v) is 3.85. The van der Waals surface area contributed by atoms with Crippen molar-refractivity contribution in [3.05, 3.63) is 90.0 Å². The van der Waals surface area contributed by atoms with E-state index in [1.165, 1.54) is 6.92 Å². The second kappa shape index (κ2) is 9.93. The molecular weight excluding hydrogens is 400 g/mol. The predicted octanol–water partition coefficient (Wildman–Crippen LogP) is 3.75. The van der Waals surface area contributed by atoms with Crippen molar-refractivity contribution in [3.8, 4) is 5.75 Å². The average molecular weight is 425 g/mol. The lowest BCUT2D eigenvalue weighted by molar-refractivity contribution is -0.118. The quantitative estimate of drug-likeness (QED) is 0.548. The summed E-state index contributed by atoms with van der Waals surface area (Å²) in [7, 11) is -3.69. The van der Waals surface area contributed by atoms with Gasteiger partial charge in [-0.1, -0.05) is 42.5 Å². The summed E-state index contributed by atoms with van der Waals surface area (Å²) in [4.78, 5) is 11.1. The number of hydrogen-bond donors (Lipinski definition) is 2.